The summed E-state index contributed by atoms with van der Waals surface area (Å²) in [5.74, 6) is -3.87. The molecule has 0 fully saturated rings. The van der Waals surface area contributed by atoms with Crippen LogP contribution in [0.2, 0.25) is 0 Å². The summed E-state index contributed by atoms with van der Waals surface area (Å²) in [7, 11) is 1.62. The number of hydrogen-bond donors (Lipinski definition) is 1. The fourth-order valence-corrected chi connectivity index (χ4v) is 1.78. The van der Waals surface area contributed by atoms with Crippen molar-refractivity contribution < 1.29 is 17.9 Å². The number of rotatable bonds is 5. The molecule has 0 bridgehead atoms. The highest BCUT2D eigenvalue weighted by atomic mass is 19.2. The Kier molecular flexibility index (Phi) is 4.63. The van der Waals surface area contributed by atoms with Crippen LogP contribution in [-0.2, 0) is 17.9 Å². The lowest BCUT2D eigenvalue weighted by molar-refractivity contribution is 0.185. The summed E-state index contributed by atoms with van der Waals surface area (Å²) in [5, 5.41) is 2.84. The van der Waals surface area contributed by atoms with E-state index in [-0.39, 0.29) is 5.69 Å². The second-order valence-corrected chi connectivity index (χ2v) is 4.36. The Morgan fingerprint density at radius 1 is 0.950 bits per heavy atom. The van der Waals surface area contributed by atoms with Gasteiger partial charge in [0.15, 0.2) is 17.5 Å². The van der Waals surface area contributed by atoms with Gasteiger partial charge < -0.3 is 10.1 Å². The van der Waals surface area contributed by atoms with Crippen LogP contribution >= 0.6 is 0 Å². The second-order valence-electron chi connectivity index (χ2n) is 4.36. The van der Waals surface area contributed by atoms with Gasteiger partial charge in [0.2, 0.25) is 0 Å². The van der Waals surface area contributed by atoms with Gasteiger partial charge in [-0.15, -0.1) is 0 Å². The molecule has 0 aromatic heterocycles. The van der Waals surface area contributed by atoms with Crippen LogP contribution in [0.5, 0.6) is 0 Å². The molecule has 5 heteroatoms. The highest BCUT2D eigenvalue weighted by molar-refractivity contribution is 5.44. The molecule has 0 spiro atoms. The average molecular weight is 281 g/mol. The molecule has 0 amide bonds. The lowest BCUT2D eigenvalue weighted by atomic mass is 10.1. The minimum atomic E-state index is -1.46. The summed E-state index contributed by atoms with van der Waals surface area (Å²) in [4.78, 5) is 0. The maximum absolute atomic E-state index is 13.0. The Bertz CT molecular complexity index is 561. The third-order valence-corrected chi connectivity index (χ3v) is 2.81. The van der Waals surface area contributed by atoms with E-state index in [0.717, 1.165) is 23.3 Å². The molecule has 2 nitrogen and oxygen atoms in total. The molecule has 2 rings (SSSR count). The van der Waals surface area contributed by atoms with Gasteiger partial charge in [0.05, 0.1) is 6.61 Å². The standard InChI is InChI=1S/C15H14F3NO/c1-20-9-11-4-2-10(3-5-11)8-19-12-6-13(16)15(18)14(17)7-12/h2-7,19H,8-9H2,1H3. The van der Waals surface area contributed by atoms with Crippen molar-refractivity contribution >= 4 is 5.69 Å². The molecule has 0 saturated heterocycles. The van der Waals surface area contributed by atoms with Crippen LogP contribution in [0.4, 0.5) is 18.9 Å². The zero-order chi connectivity index (χ0) is 14.5. The predicted molar refractivity (Wildman–Crippen MR) is 70.8 cm³/mol. The Labute approximate surface area is 115 Å². The zero-order valence-corrected chi connectivity index (χ0v) is 10.9. The van der Waals surface area contributed by atoms with E-state index in [0.29, 0.717) is 13.2 Å². The van der Waals surface area contributed by atoms with E-state index in [2.05, 4.69) is 5.32 Å². The Morgan fingerprint density at radius 2 is 1.50 bits per heavy atom. The van der Waals surface area contributed by atoms with Crippen molar-refractivity contribution in [1.29, 1.82) is 0 Å². The summed E-state index contributed by atoms with van der Waals surface area (Å²) >= 11 is 0. The third-order valence-electron chi connectivity index (χ3n) is 2.81. The molecule has 0 heterocycles. The highest BCUT2D eigenvalue weighted by Gasteiger charge is 2.10. The molecule has 0 saturated carbocycles. The Morgan fingerprint density at radius 3 is 2.05 bits per heavy atom. The van der Waals surface area contributed by atoms with Gasteiger partial charge in [-0.1, -0.05) is 24.3 Å². The largest absolute Gasteiger partial charge is 0.381 e. The summed E-state index contributed by atoms with van der Waals surface area (Å²) in [6, 6.07) is 9.45. The van der Waals surface area contributed by atoms with Gasteiger partial charge in [0, 0.05) is 31.5 Å². The van der Waals surface area contributed by atoms with Crippen molar-refractivity contribution in [3.63, 3.8) is 0 Å². The van der Waals surface area contributed by atoms with Gasteiger partial charge in [-0.25, -0.2) is 13.2 Å². The first kappa shape index (κ1) is 14.4. The van der Waals surface area contributed by atoms with Gasteiger partial charge in [-0.05, 0) is 11.1 Å². The van der Waals surface area contributed by atoms with Gasteiger partial charge in [0.1, 0.15) is 0 Å². The van der Waals surface area contributed by atoms with Crippen molar-refractivity contribution in [1.82, 2.24) is 0 Å². The maximum Gasteiger partial charge on any atom is 0.194 e. The normalized spacial score (nSPS) is 10.6. The summed E-state index contributed by atoms with van der Waals surface area (Å²) in [6.45, 7) is 0.917. The predicted octanol–water partition coefficient (Wildman–Crippen LogP) is 3.86. The first-order valence-corrected chi connectivity index (χ1v) is 6.05. The number of anilines is 1. The van der Waals surface area contributed by atoms with Crippen LogP contribution in [0, 0.1) is 17.5 Å². The molecule has 0 unspecified atom stereocenters. The maximum atomic E-state index is 13.0. The van der Waals surface area contributed by atoms with Crippen molar-refractivity contribution in [2.75, 3.05) is 12.4 Å². The van der Waals surface area contributed by atoms with E-state index in [9.17, 15) is 13.2 Å². The van der Waals surface area contributed by atoms with Gasteiger partial charge >= 0.3 is 0 Å². The summed E-state index contributed by atoms with van der Waals surface area (Å²) < 4.78 is 43.9. The van der Waals surface area contributed by atoms with Gasteiger partial charge in [-0.3, -0.25) is 0 Å². The van der Waals surface area contributed by atoms with E-state index < -0.39 is 17.5 Å². The second kappa shape index (κ2) is 6.43. The number of methoxy groups -OCH3 is 1. The lowest BCUT2D eigenvalue weighted by Crippen LogP contribution is -2.02. The minimum Gasteiger partial charge on any atom is -0.381 e. The molecule has 0 aliphatic carbocycles. The van der Waals surface area contributed by atoms with Crippen LogP contribution in [0.1, 0.15) is 11.1 Å². The minimum absolute atomic E-state index is 0.197. The zero-order valence-electron chi connectivity index (χ0n) is 10.9. The molecule has 0 aliphatic heterocycles. The summed E-state index contributed by atoms with van der Waals surface area (Å²) in [6.07, 6.45) is 0. The molecule has 0 aliphatic rings. The highest BCUT2D eigenvalue weighted by Crippen LogP contribution is 2.18. The average Bonchev–Trinajstić information content (AvgIpc) is 2.44. The fourth-order valence-electron chi connectivity index (χ4n) is 1.78. The molecular weight excluding hydrogens is 267 g/mol. The van der Waals surface area contributed by atoms with Crippen LogP contribution < -0.4 is 5.32 Å². The van der Waals surface area contributed by atoms with Crippen LogP contribution in [0.25, 0.3) is 0 Å². The molecule has 20 heavy (non-hydrogen) atoms. The molecule has 1 N–H and O–H groups in total. The molecule has 2 aromatic carbocycles. The topological polar surface area (TPSA) is 21.3 Å². The molecule has 0 atom stereocenters. The number of halogens is 3. The molecule has 106 valence electrons. The van der Waals surface area contributed by atoms with Crippen molar-refractivity contribution in [2.24, 2.45) is 0 Å². The van der Waals surface area contributed by atoms with E-state index >= 15 is 0 Å². The van der Waals surface area contributed by atoms with E-state index in [4.69, 9.17) is 4.74 Å². The number of hydrogen-bond acceptors (Lipinski definition) is 2. The van der Waals surface area contributed by atoms with Crippen molar-refractivity contribution in [2.45, 2.75) is 13.2 Å². The molecular formula is C15H14F3NO. The summed E-state index contributed by atoms with van der Waals surface area (Å²) in [5.41, 5.74) is 2.17. The fraction of sp³-hybridized carbons (Fsp3) is 0.200. The first-order valence-electron chi connectivity index (χ1n) is 6.05. The smallest absolute Gasteiger partial charge is 0.194 e. The van der Waals surface area contributed by atoms with Crippen LogP contribution in [-0.4, -0.2) is 7.11 Å². The van der Waals surface area contributed by atoms with E-state index in [1.807, 2.05) is 24.3 Å². The quantitative estimate of drug-likeness (QED) is 0.840. The van der Waals surface area contributed by atoms with Gasteiger partial charge in [0.25, 0.3) is 0 Å². The number of nitrogens with one attached hydrogen (secondary N) is 1. The molecule has 0 radical (unpaired) electrons. The SMILES string of the molecule is COCc1ccc(CNc2cc(F)c(F)c(F)c2)cc1. The monoisotopic (exact) mass is 281 g/mol. The number of benzene rings is 2. The Hall–Kier alpha value is -2.01. The molecule has 2 aromatic rings. The Balaban J connectivity index is 2.01. The van der Waals surface area contributed by atoms with E-state index in [1.54, 1.807) is 7.11 Å². The van der Waals surface area contributed by atoms with Crippen molar-refractivity contribution in [3.8, 4) is 0 Å². The third kappa shape index (κ3) is 3.51. The van der Waals surface area contributed by atoms with Gasteiger partial charge in [-0.2, -0.15) is 0 Å². The number of ether oxygens (including phenoxy) is 1. The van der Waals surface area contributed by atoms with Crippen LogP contribution in [0.15, 0.2) is 36.4 Å². The van der Waals surface area contributed by atoms with Crippen molar-refractivity contribution in [3.05, 3.63) is 65.0 Å². The van der Waals surface area contributed by atoms with E-state index in [1.165, 1.54) is 0 Å². The van der Waals surface area contributed by atoms with Crippen LogP contribution in [0.3, 0.4) is 0 Å². The lowest BCUT2D eigenvalue weighted by Gasteiger charge is -2.08. The first-order chi connectivity index (χ1) is 9.60.